The van der Waals surface area contributed by atoms with Crippen LogP contribution in [0.1, 0.15) is 28.8 Å². The number of nitrogens with one attached hydrogen (secondary N) is 1. The number of para-hydroxylation sites is 2. The summed E-state index contributed by atoms with van der Waals surface area (Å²) in [4.78, 5) is 15.9. The SMILES string of the molecule is CN1CCN(c2nc3ccccc3nc2Nc2sc3c(c2C#N)CCCC3)CC1. The maximum atomic E-state index is 9.82. The molecule has 0 unspecified atom stereocenters. The standard InChI is InChI=1S/C22H24N6S/c1-27-10-12-28(13-11-27)21-20(24-17-7-3-4-8-18(17)25-21)26-22-16(14-23)15-6-2-5-9-19(15)29-22/h3-4,7-8H,2,5-6,9-13H2,1H3,(H,24,26). The second-order valence-corrected chi connectivity index (χ2v) is 8.93. The first-order chi connectivity index (χ1) is 14.2. The minimum atomic E-state index is 0.753. The first-order valence-electron chi connectivity index (χ1n) is 10.2. The van der Waals surface area contributed by atoms with Crippen LogP contribution in [0.15, 0.2) is 24.3 Å². The number of fused-ring (bicyclic) bond motifs is 2. The van der Waals surface area contributed by atoms with Crippen molar-refractivity contribution in [2.24, 2.45) is 0 Å². The average Bonchev–Trinajstić information content (AvgIpc) is 3.11. The summed E-state index contributed by atoms with van der Waals surface area (Å²) in [5, 5.41) is 14.3. The third-order valence-electron chi connectivity index (χ3n) is 5.87. The summed E-state index contributed by atoms with van der Waals surface area (Å²) in [5.41, 5.74) is 3.80. The van der Waals surface area contributed by atoms with E-state index < -0.39 is 0 Å². The van der Waals surface area contributed by atoms with Crippen LogP contribution in [0.5, 0.6) is 0 Å². The largest absolute Gasteiger partial charge is 0.351 e. The van der Waals surface area contributed by atoms with Crippen LogP contribution in [0, 0.1) is 11.3 Å². The maximum Gasteiger partial charge on any atom is 0.175 e. The Bertz CT molecular complexity index is 1090. The Kier molecular flexibility index (Phi) is 4.82. The van der Waals surface area contributed by atoms with Crippen molar-refractivity contribution in [1.82, 2.24) is 14.9 Å². The number of piperazine rings is 1. The van der Waals surface area contributed by atoms with E-state index in [9.17, 15) is 5.26 Å². The molecule has 29 heavy (non-hydrogen) atoms. The average molecular weight is 405 g/mol. The number of nitrogens with zero attached hydrogens (tertiary/aromatic N) is 5. The molecule has 5 rings (SSSR count). The van der Waals surface area contributed by atoms with Gasteiger partial charge in [0.2, 0.25) is 0 Å². The van der Waals surface area contributed by atoms with E-state index in [0.29, 0.717) is 0 Å². The molecule has 7 heteroatoms. The number of hydrogen-bond acceptors (Lipinski definition) is 7. The number of thiophene rings is 1. The molecule has 0 saturated carbocycles. The molecular formula is C22H24N6S. The number of aryl methyl sites for hydroxylation is 1. The molecule has 2 aliphatic rings. The smallest absolute Gasteiger partial charge is 0.175 e. The lowest BCUT2D eigenvalue weighted by Crippen LogP contribution is -2.45. The van der Waals surface area contributed by atoms with Crippen molar-refractivity contribution in [2.75, 3.05) is 43.4 Å². The lowest BCUT2D eigenvalue weighted by molar-refractivity contribution is 0.312. The van der Waals surface area contributed by atoms with Gasteiger partial charge in [0.25, 0.3) is 0 Å². The summed E-state index contributed by atoms with van der Waals surface area (Å²) in [6, 6.07) is 10.4. The minimum absolute atomic E-state index is 0.753. The normalized spacial score (nSPS) is 17.2. The van der Waals surface area contributed by atoms with Crippen LogP contribution in [-0.2, 0) is 12.8 Å². The highest BCUT2D eigenvalue weighted by atomic mass is 32.1. The monoisotopic (exact) mass is 404 g/mol. The van der Waals surface area contributed by atoms with E-state index in [1.54, 1.807) is 11.3 Å². The van der Waals surface area contributed by atoms with E-state index >= 15 is 0 Å². The van der Waals surface area contributed by atoms with E-state index in [1.165, 1.54) is 23.3 Å². The fourth-order valence-corrected chi connectivity index (χ4v) is 5.43. The molecule has 1 aliphatic carbocycles. The lowest BCUT2D eigenvalue weighted by atomic mass is 9.96. The van der Waals surface area contributed by atoms with Gasteiger partial charge >= 0.3 is 0 Å². The summed E-state index contributed by atoms with van der Waals surface area (Å²) in [6.45, 7) is 3.85. The number of anilines is 3. The van der Waals surface area contributed by atoms with Crippen LogP contribution in [0.3, 0.4) is 0 Å². The highest BCUT2D eigenvalue weighted by Crippen LogP contribution is 2.40. The van der Waals surface area contributed by atoms with Crippen LogP contribution in [0.2, 0.25) is 0 Å². The second kappa shape index (κ2) is 7.62. The third-order valence-corrected chi connectivity index (χ3v) is 7.08. The second-order valence-electron chi connectivity index (χ2n) is 7.83. The van der Waals surface area contributed by atoms with Crippen LogP contribution >= 0.6 is 11.3 Å². The van der Waals surface area contributed by atoms with Crippen molar-refractivity contribution in [3.63, 3.8) is 0 Å². The van der Waals surface area contributed by atoms with Crippen molar-refractivity contribution in [3.05, 3.63) is 40.3 Å². The molecule has 1 aliphatic heterocycles. The Labute approximate surface area is 174 Å². The van der Waals surface area contributed by atoms with Gasteiger partial charge in [0, 0.05) is 31.1 Å². The maximum absolute atomic E-state index is 9.82. The molecule has 2 aromatic heterocycles. The first-order valence-corrected chi connectivity index (χ1v) is 11.1. The van der Waals surface area contributed by atoms with Crippen LogP contribution in [0.4, 0.5) is 16.6 Å². The Morgan fingerprint density at radius 1 is 1.03 bits per heavy atom. The molecule has 0 atom stereocenters. The van der Waals surface area contributed by atoms with Crippen molar-refractivity contribution in [3.8, 4) is 6.07 Å². The fourth-order valence-electron chi connectivity index (χ4n) is 4.19. The number of benzene rings is 1. The van der Waals surface area contributed by atoms with Gasteiger partial charge in [-0.15, -0.1) is 11.3 Å². The predicted octanol–water partition coefficient (Wildman–Crippen LogP) is 3.94. The van der Waals surface area contributed by atoms with Crippen LogP contribution in [0.25, 0.3) is 11.0 Å². The van der Waals surface area contributed by atoms with Gasteiger partial charge in [0.15, 0.2) is 11.6 Å². The van der Waals surface area contributed by atoms with E-state index in [2.05, 4.69) is 28.2 Å². The fraction of sp³-hybridized carbons (Fsp3) is 0.409. The highest BCUT2D eigenvalue weighted by Gasteiger charge is 2.24. The minimum Gasteiger partial charge on any atom is -0.351 e. The molecule has 0 amide bonds. The third kappa shape index (κ3) is 3.43. The molecule has 0 radical (unpaired) electrons. The van der Waals surface area contributed by atoms with Gasteiger partial charge in [-0.05, 0) is 50.4 Å². The Balaban J connectivity index is 1.58. The van der Waals surface area contributed by atoms with Gasteiger partial charge in [-0.1, -0.05) is 12.1 Å². The Morgan fingerprint density at radius 3 is 2.52 bits per heavy atom. The topological polar surface area (TPSA) is 68.1 Å². The molecule has 3 heterocycles. The van der Waals surface area contributed by atoms with Crippen LogP contribution < -0.4 is 10.2 Å². The lowest BCUT2D eigenvalue weighted by Gasteiger charge is -2.34. The van der Waals surface area contributed by atoms with Crippen molar-refractivity contribution < 1.29 is 0 Å². The molecule has 1 fully saturated rings. The quantitative estimate of drug-likeness (QED) is 0.713. The molecular weight excluding hydrogens is 380 g/mol. The van der Waals surface area contributed by atoms with Crippen molar-refractivity contribution in [1.29, 1.82) is 5.26 Å². The molecule has 0 bridgehead atoms. The van der Waals surface area contributed by atoms with E-state index in [4.69, 9.17) is 9.97 Å². The van der Waals surface area contributed by atoms with Gasteiger partial charge in [-0.3, -0.25) is 0 Å². The molecule has 3 aromatic rings. The molecule has 148 valence electrons. The zero-order chi connectivity index (χ0) is 19.8. The highest BCUT2D eigenvalue weighted by molar-refractivity contribution is 7.16. The Morgan fingerprint density at radius 2 is 1.76 bits per heavy atom. The Hall–Kier alpha value is -2.69. The number of nitriles is 1. The van der Waals surface area contributed by atoms with E-state index in [0.717, 1.165) is 72.3 Å². The number of hydrogen-bond donors (Lipinski definition) is 1. The zero-order valence-corrected chi connectivity index (χ0v) is 17.4. The predicted molar refractivity (Wildman–Crippen MR) is 118 cm³/mol. The molecule has 1 N–H and O–H groups in total. The van der Waals surface area contributed by atoms with Crippen molar-refractivity contribution in [2.45, 2.75) is 25.7 Å². The van der Waals surface area contributed by atoms with Crippen LogP contribution in [-0.4, -0.2) is 48.1 Å². The summed E-state index contributed by atoms with van der Waals surface area (Å²) < 4.78 is 0. The molecule has 0 spiro atoms. The molecule has 1 aromatic carbocycles. The van der Waals surface area contributed by atoms with E-state index in [-0.39, 0.29) is 0 Å². The van der Waals surface area contributed by atoms with Gasteiger partial charge < -0.3 is 15.1 Å². The number of rotatable bonds is 3. The molecule has 1 saturated heterocycles. The van der Waals surface area contributed by atoms with E-state index in [1.807, 2.05) is 24.3 Å². The first kappa shape index (κ1) is 18.3. The van der Waals surface area contributed by atoms with Crippen molar-refractivity contribution >= 4 is 39.0 Å². The number of likely N-dealkylation sites (N-methyl/N-ethyl adjacent to an activating group) is 1. The summed E-state index contributed by atoms with van der Waals surface area (Å²) >= 11 is 1.71. The summed E-state index contributed by atoms with van der Waals surface area (Å²) in [7, 11) is 2.15. The van der Waals surface area contributed by atoms with Gasteiger partial charge in [0.1, 0.15) is 11.1 Å². The summed E-state index contributed by atoms with van der Waals surface area (Å²) in [5.74, 6) is 1.63. The van der Waals surface area contributed by atoms with Gasteiger partial charge in [-0.2, -0.15) is 5.26 Å². The zero-order valence-electron chi connectivity index (χ0n) is 16.6. The summed E-state index contributed by atoms with van der Waals surface area (Å²) in [6.07, 6.45) is 4.45. The number of aromatic nitrogens is 2. The van der Waals surface area contributed by atoms with Gasteiger partial charge in [0.05, 0.1) is 16.6 Å². The molecule has 6 nitrogen and oxygen atoms in total. The van der Waals surface area contributed by atoms with Gasteiger partial charge in [-0.25, -0.2) is 9.97 Å².